The van der Waals surface area contributed by atoms with Crippen LogP contribution in [0.1, 0.15) is 34.4 Å². The number of hydrogen-bond acceptors (Lipinski definition) is 4. The molecule has 3 heterocycles. The van der Waals surface area contributed by atoms with Crippen LogP contribution in [0.25, 0.3) is 0 Å². The van der Waals surface area contributed by atoms with Gasteiger partial charge in [0, 0.05) is 37.3 Å². The molecule has 1 aromatic heterocycles. The van der Waals surface area contributed by atoms with Crippen LogP contribution in [0.3, 0.4) is 0 Å². The fourth-order valence-corrected chi connectivity index (χ4v) is 4.69. The lowest BCUT2D eigenvalue weighted by molar-refractivity contribution is -0.119. The summed E-state index contributed by atoms with van der Waals surface area (Å²) in [5.74, 6) is -1.29. The van der Waals surface area contributed by atoms with E-state index in [1.54, 1.807) is 16.7 Å². The van der Waals surface area contributed by atoms with Gasteiger partial charge in [0.15, 0.2) is 0 Å². The van der Waals surface area contributed by atoms with Gasteiger partial charge in [-0.2, -0.15) is 0 Å². The summed E-state index contributed by atoms with van der Waals surface area (Å²) in [6, 6.07) is 10.7. The van der Waals surface area contributed by atoms with Crippen molar-refractivity contribution < 1.29 is 14.0 Å². The van der Waals surface area contributed by atoms with E-state index in [1.807, 2.05) is 11.0 Å². The SMILES string of the molecule is NC(=O)CN1C[C@H]2C[C@@H](C1)[C@H](CNC(=O)c1ccccc1F)n1c2cccc1=O. The van der Waals surface area contributed by atoms with Crippen LogP contribution < -0.4 is 16.6 Å². The molecule has 7 nitrogen and oxygen atoms in total. The summed E-state index contributed by atoms with van der Waals surface area (Å²) in [6.07, 6.45) is 0.860. The lowest BCUT2D eigenvalue weighted by Crippen LogP contribution is -2.53. The quantitative estimate of drug-likeness (QED) is 0.781. The Bertz CT molecular complexity index is 1010. The zero-order valence-corrected chi connectivity index (χ0v) is 15.9. The van der Waals surface area contributed by atoms with Crippen molar-refractivity contribution in [1.29, 1.82) is 0 Å². The molecule has 2 aromatic rings. The largest absolute Gasteiger partial charge is 0.369 e. The first-order valence-corrected chi connectivity index (χ1v) is 9.69. The number of nitrogens with zero attached hydrogens (tertiary/aromatic N) is 2. The van der Waals surface area contributed by atoms with Gasteiger partial charge in [0.1, 0.15) is 5.82 Å². The molecule has 0 radical (unpaired) electrons. The van der Waals surface area contributed by atoms with Crippen LogP contribution in [0.2, 0.25) is 0 Å². The smallest absolute Gasteiger partial charge is 0.254 e. The number of primary amides is 1. The summed E-state index contributed by atoms with van der Waals surface area (Å²) >= 11 is 0. The number of amides is 2. The highest BCUT2D eigenvalue weighted by molar-refractivity contribution is 5.94. The van der Waals surface area contributed by atoms with E-state index in [1.165, 1.54) is 24.3 Å². The van der Waals surface area contributed by atoms with Crippen molar-refractivity contribution in [1.82, 2.24) is 14.8 Å². The monoisotopic (exact) mass is 398 g/mol. The molecule has 2 aliphatic heterocycles. The Balaban J connectivity index is 1.60. The van der Waals surface area contributed by atoms with Gasteiger partial charge in [-0.3, -0.25) is 19.3 Å². The molecule has 1 saturated heterocycles. The van der Waals surface area contributed by atoms with Crippen molar-refractivity contribution >= 4 is 11.8 Å². The van der Waals surface area contributed by atoms with Crippen LogP contribution >= 0.6 is 0 Å². The van der Waals surface area contributed by atoms with E-state index in [4.69, 9.17) is 5.73 Å². The summed E-state index contributed by atoms with van der Waals surface area (Å²) in [4.78, 5) is 38.5. The number of nitrogens with one attached hydrogen (secondary N) is 1. The number of benzene rings is 1. The van der Waals surface area contributed by atoms with Crippen molar-refractivity contribution in [2.75, 3.05) is 26.2 Å². The number of nitrogens with two attached hydrogens (primary N) is 1. The van der Waals surface area contributed by atoms with Gasteiger partial charge in [-0.05, 0) is 30.5 Å². The van der Waals surface area contributed by atoms with Crippen LogP contribution in [0.5, 0.6) is 0 Å². The number of carbonyl (C=O) groups excluding carboxylic acids is 2. The Kier molecular flexibility index (Phi) is 5.19. The zero-order chi connectivity index (χ0) is 20.5. The van der Waals surface area contributed by atoms with Crippen molar-refractivity contribution in [3.8, 4) is 0 Å². The number of aromatic nitrogens is 1. The fraction of sp³-hybridized carbons (Fsp3) is 0.381. The third-order valence-electron chi connectivity index (χ3n) is 5.84. The molecule has 2 bridgehead atoms. The fourth-order valence-electron chi connectivity index (χ4n) is 4.69. The Labute approximate surface area is 167 Å². The van der Waals surface area contributed by atoms with Gasteiger partial charge in [-0.25, -0.2) is 4.39 Å². The molecular formula is C21H23FN4O3. The molecule has 0 spiro atoms. The average molecular weight is 398 g/mol. The van der Waals surface area contributed by atoms with Crippen molar-refractivity contribution in [2.45, 2.75) is 18.4 Å². The third kappa shape index (κ3) is 3.80. The van der Waals surface area contributed by atoms with Crippen LogP contribution in [-0.2, 0) is 4.79 Å². The van der Waals surface area contributed by atoms with E-state index in [2.05, 4.69) is 5.32 Å². The molecular weight excluding hydrogens is 375 g/mol. The van der Waals surface area contributed by atoms with Crippen LogP contribution in [0, 0.1) is 11.7 Å². The first-order chi connectivity index (χ1) is 13.9. The maximum absolute atomic E-state index is 13.9. The molecule has 3 N–H and O–H groups in total. The van der Waals surface area contributed by atoms with E-state index in [-0.39, 0.29) is 48.0 Å². The summed E-state index contributed by atoms with van der Waals surface area (Å²) < 4.78 is 15.7. The number of likely N-dealkylation sites (tertiary alicyclic amines) is 1. The highest BCUT2D eigenvalue weighted by Gasteiger charge is 2.40. The minimum atomic E-state index is -0.587. The Morgan fingerprint density at radius 2 is 1.93 bits per heavy atom. The number of piperidine rings is 1. The number of carbonyl (C=O) groups is 2. The second-order valence-electron chi connectivity index (χ2n) is 7.77. The topological polar surface area (TPSA) is 97.4 Å². The maximum atomic E-state index is 13.9. The minimum absolute atomic E-state index is 0.0270. The average Bonchev–Trinajstić information content (AvgIpc) is 2.68. The van der Waals surface area contributed by atoms with Crippen molar-refractivity contribution in [2.24, 2.45) is 11.7 Å². The predicted molar refractivity (Wildman–Crippen MR) is 105 cm³/mol. The van der Waals surface area contributed by atoms with E-state index in [9.17, 15) is 18.8 Å². The Morgan fingerprint density at radius 3 is 2.69 bits per heavy atom. The van der Waals surface area contributed by atoms with Crippen LogP contribution in [-0.4, -0.2) is 47.5 Å². The molecule has 3 atom stereocenters. The number of pyridine rings is 1. The molecule has 4 rings (SSSR count). The maximum Gasteiger partial charge on any atom is 0.254 e. The van der Waals surface area contributed by atoms with E-state index >= 15 is 0 Å². The molecule has 0 unspecified atom stereocenters. The molecule has 0 saturated carbocycles. The summed E-state index contributed by atoms with van der Waals surface area (Å²) in [5, 5.41) is 2.79. The van der Waals surface area contributed by atoms with E-state index in [0.717, 1.165) is 12.1 Å². The summed E-state index contributed by atoms with van der Waals surface area (Å²) in [6.45, 7) is 1.64. The lowest BCUT2D eigenvalue weighted by atomic mass is 9.78. The van der Waals surface area contributed by atoms with Gasteiger partial charge in [0.2, 0.25) is 5.91 Å². The molecule has 2 aliphatic rings. The van der Waals surface area contributed by atoms with Gasteiger partial charge >= 0.3 is 0 Å². The number of fused-ring (bicyclic) bond motifs is 4. The second-order valence-corrected chi connectivity index (χ2v) is 7.77. The van der Waals surface area contributed by atoms with Crippen molar-refractivity contribution in [3.05, 3.63) is 69.9 Å². The Hall–Kier alpha value is -3.00. The van der Waals surface area contributed by atoms with E-state index < -0.39 is 11.7 Å². The number of hydrogen-bond donors (Lipinski definition) is 2. The standard InChI is InChI=1S/C21H23FN4O3/c22-16-5-2-1-4-15(16)21(29)24-9-18-14-8-13(10-25(11-14)12-19(23)27)17-6-3-7-20(28)26(17)18/h1-7,13-14,18H,8-12H2,(H2,23,27)(H,24,29)/t13-,14+,18+/m1/s1. The Morgan fingerprint density at radius 1 is 1.14 bits per heavy atom. The first kappa shape index (κ1) is 19.3. The highest BCUT2D eigenvalue weighted by atomic mass is 19.1. The predicted octanol–water partition coefficient (Wildman–Crippen LogP) is 0.863. The summed E-state index contributed by atoms with van der Waals surface area (Å²) in [7, 11) is 0. The number of rotatable bonds is 5. The van der Waals surface area contributed by atoms with E-state index in [0.29, 0.717) is 13.1 Å². The molecule has 8 heteroatoms. The molecule has 1 fully saturated rings. The van der Waals surface area contributed by atoms with Crippen LogP contribution in [0.15, 0.2) is 47.3 Å². The van der Waals surface area contributed by atoms with Gasteiger partial charge < -0.3 is 15.6 Å². The minimum Gasteiger partial charge on any atom is -0.369 e. The molecule has 0 aliphatic carbocycles. The molecule has 152 valence electrons. The normalized spacial score (nSPS) is 23.3. The van der Waals surface area contributed by atoms with Gasteiger partial charge in [-0.15, -0.1) is 0 Å². The molecule has 1 aromatic carbocycles. The third-order valence-corrected chi connectivity index (χ3v) is 5.84. The highest BCUT2D eigenvalue weighted by Crippen LogP contribution is 2.40. The first-order valence-electron chi connectivity index (χ1n) is 9.69. The summed E-state index contributed by atoms with van der Waals surface area (Å²) in [5.41, 5.74) is 6.13. The molecule has 29 heavy (non-hydrogen) atoms. The zero-order valence-electron chi connectivity index (χ0n) is 15.9. The second kappa shape index (κ2) is 7.79. The van der Waals surface area contributed by atoms with Gasteiger partial charge in [0.05, 0.1) is 18.2 Å². The molecule has 2 amide bonds. The van der Waals surface area contributed by atoms with Gasteiger partial charge in [-0.1, -0.05) is 18.2 Å². The van der Waals surface area contributed by atoms with Gasteiger partial charge in [0.25, 0.3) is 11.5 Å². The van der Waals surface area contributed by atoms with Crippen LogP contribution in [0.4, 0.5) is 4.39 Å². The number of halogens is 1. The lowest BCUT2D eigenvalue weighted by Gasteiger charge is -2.46. The van der Waals surface area contributed by atoms with Crippen molar-refractivity contribution in [3.63, 3.8) is 0 Å².